The molecule has 118 valence electrons. The minimum atomic E-state index is -2.49. The number of ketones is 1. The molecule has 2 aromatic rings. The highest BCUT2D eigenvalue weighted by molar-refractivity contribution is 7.39. The summed E-state index contributed by atoms with van der Waals surface area (Å²) in [5, 5.41) is 0. The fraction of sp³-hybridized carbons (Fsp3) is 0.0556. The number of carbonyl (C=O) groups is 1. The van der Waals surface area contributed by atoms with Gasteiger partial charge in [-0.2, -0.15) is 0 Å². The predicted molar refractivity (Wildman–Crippen MR) is 92.7 cm³/mol. The van der Waals surface area contributed by atoms with Gasteiger partial charge in [-0.25, -0.2) is 0 Å². The normalized spacial score (nSPS) is 11.5. The Kier molecular flexibility index (Phi) is 6.24. The number of para-hydroxylation sites is 1. The van der Waals surface area contributed by atoms with Crippen molar-refractivity contribution in [3.8, 4) is 5.75 Å². The molecule has 0 aliphatic rings. The molecule has 0 unspecified atom stereocenters. The maximum atomic E-state index is 11.9. The van der Waals surface area contributed by atoms with E-state index in [2.05, 4.69) is 0 Å². The second-order valence-corrected chi connectivity index (χ2v) is 5.55. The number of carbonyl (C=O) groups excluding carboxylic acids is 1. The second-order valence-electron chi connectivity index (χ2n) is 4.86. The van der Waals surface area contributed by atoms with Crippen molar-refractivity contribution in [3.05, 3.63) is 77.4 Å². The van der Waals surface area contributed by atoms with Crippen LogP contribution in [0, 0.1) is 6.92 Å². The van der Waals surface area contributed by atoms with Crippen LogP contribution < -0.4 is 4.52 Å². The molecule has 0 aliphatic carbocycles. The standard InChI is InChI=1S/C18H17O4P/c1-14-6-8-15(9-7-14)10-12-17(19)13-11-16-4-2-3-5-18(16)22-23(20)21/h2-13,20-21H,1H3/b12-10+,13-11+. The lowest BCUT2D eigenvalue weighted by Crippen LogP contribution is -1.89. The molecular weight excluding hydrogens is 311 g/mol. The summed E-state index contributed by atoms with van der Waals surface area (Å²) >= 11 is 0. The number of rotatable bonds is 6. The lowest BCUT2D eigenvalue weighted by molar-refractivity contribution is -0.110. The van der Waals surface area contributed by atoms with Crippen molar-refractivity contribution >= 4 is 26.5 Å². The average molecular weight is 328 g/mol. The first-order chi connectivity index (χ1) is 11.0. The van der Waals surface area contributed by atoms with E-state index in [0.29, 0.717) is 11.3 Å². The van der Waals surface area contributed by atoms with Crippen LogP contribution in [0.1, 0.15) is 16.7 Å². The number of hydrogen-bond donors (Lipinski definition) is 2. The first-order valence-corrected chi connectivity index (χ1v) is 8.13. The van der Waals surface area contributed by atoms with Crippen LogP contribution in [0.2, 0.25) is 0 Å². The molecule has 0 saturated carbocycles. The first kappa shape index (κ1) is 17.1. The Bertz CT molecular complexity index is 718. The molecule has 0 fully saturated rings. The smallest absolute Gasteiger partial charge is 0.391 e. The summed E-state index contributed by atoms with van der Waals surface area (Å²) < 4.78 is 4.91. The fourth-order valence-corrected chi connectivity index (χ4v) is 2.21. The SMILES string of the molecule is Cc1ccc(/C=C/C(=O)/C=C/c2ccccc2OP(O)O)cc1. The van der Waals surface area contributed by atoms with E-state index in [1.807, 2.05) is 31.2 Å². The van der Waals surface area contributed by atoms with Crippen LogP contribution in [-0.4, -0.2) is 15.6 Å². The van der Waals surface area contributed by atoms with E-state index < -0.39 is 8.60 Å². The maximum absolute atomic E-state index is 11.9. The molecule has 2 N–H and O–H groups in total. The van der Waals surface area contributed by atoms with E-state index in [4.69, 9.17) is 14.3 Å². The Morgan fingerprint density at radius 3 is 2.35 bits per heavy atom. The van der Waals surface area contributed by atoms with E-state index in [-0.39, 0.29) is 5.78 Å². The van der Waals surface area contributed by atoms with Crippen LogP contribution in [-0.2, 0) is 4.79 Å². The van der Waals surface area contributed by atoms with Gasteiger partial charge in [0.25, 0.3) is 0 Å². The number of allylic oxidation sites excluding steroid dienone is 2. The van der Waals surface area contributed by atoms with E-state index in [1.165, 1.54) is 12.2 Å². The molecule has 2 aromatic carbocycles. The summed E-state index contributed by atoms with van der Waals surface area (Å²) in [6, 6.07) is 14.7. The molecule has 23 heavy (non-hydrogen) atoms. The summed E-state index contributed by atoms with van der Waals surface area (Å²) in [5.74, 6) is 0.144. The molecule has 0 saturated heterocycles. The Labute approximate surface area is 136 Å². The van der Waals surface area contributed by atoms with Crippen LogP contribution in [0.4, 0.5) is 0 Å². The van der Waals surface area contributed by atoms with Gasteiger partial charge in [-0.05, 0) is 36.8 Å². The molecule has 0 heterocycles. The van der Waals surface area contributed by atoms with Crippen molar-refractivity contribution in [2.75, 3.05) is 0 Å². The Balaban J connectivity index is 2.05. The lowest BCUT2D eigenvalue weighted by atomic mass is 10.1. The van der Waals surface area contributed by atoms with Gasteiger partial charge in [-0.1, -0.05) is 54.1 Å². The highest BCUT2D eigenvalue weighted by atomic mass is 31.2. The molecule has 0 radical (unpaired) electrons. The van der Waals surface area contributed by atoms with E-state index in [9.17, 15) is 4.79 Å². The zero-order valence-corrected chi connectivity index (χ0v) is 13.5. The van der Waals surface area contributed by atoms with Crippen molar-refractivity contribution in [3.63, 3.8) is 0 Å². The van der Waals surface area contributed by atoms with Gasteiger partial charge in [-0.15, -0.1) is 0 Å². The molecular formula is C18H17O4P. The van der Waals surface area contributed by atoms with E-state index in [1.54, 1.807) is 36.4 Å². The van der Waals surface area contributed by atoms with Gasteiger partial charge in [0.15, 0.2) is 5.78 Å². The summed E-state index contributed by atoms with van der Waals surface area (Å²) in [4.78, 5) is 29.7. The van der Waals surface area contributed by atoms with Crippen molar-refractivity contribution in [2.45, 2.75) is 6.92 Å². The van der Waals surface area contributed by atoms with E-state index >= 15 is 0 Å². The largest absolute Gasteiger partial charge is 0.426 e. The van der Waals surface area contributed by atoms with Gasteiger partial charge in [-0.3, -0.25) is 4.79 Å². The summed E-state index contributed by atoms with van der Waals surface area (Å²) in [5.41, 5.74) is 2.71. The van der Waals surface area contributed by atoms with Gasteiger partial charge in [0.1, 0.15) is 5.75 Å². The predicted octanol–water partition coefficient (Wildman–Crippen LogP) is 3.88. The van der Waals surface area contributed by atoms with Crippen LogP contribution in [0.5, 0.6) is 5.75 Å². The summed E-state index contributed by atoms with van der Waals surface area (Å²) in [6.07, 6.45) is 6.21. The molecule has 5 heteroatoms. The van der Waals surface area contributed by atoms with Crippen LogP contribution in [0.25, 0.3) is 12.2 Å². The average Bonchev–Trinajstić information content (AvgIpc) is 2.53. The quantitative estimate of drug-likeness (QED) is 0.624. The molecule has 0 bridgehead atoms. The monoisotopic (exact) mass is 328 g/mol. The molecule has 0 spiro atoms. The van der Waals surface area contributed by atoms with Gasteiger partial charge < -0.3 is 14.3 Å². The highest BCUT2D eigenvalue weighted by Gasteiger charge is 2.05. The van der Waals surface area contributed by atoms with Gasteiger partial charge in [0, 0.05) is 5.56 Å². The number of hydrogen-bond acceptors (Lipinski definition) is 4. The third-order valence-corrected chi connectivity index (χ3v) is 3.40. The summed E-state index contributed by atoms with van der Waals surface area (Å²) in [6.45, 7) is 2.01. The molecule has 0 amide bonds. The van der Waals surface area contributed by atoms with Crippen molar-refractivity contribution in [1.29, 1.82) is 0 Å². The third kappa shape index (κ3) is 5.80. The highest BCUT2D eigenvalue weighted by Crippen LogP contribution is 2.31. The zero-order valence-electron chi connectivity index (χ0n) is 12.6. The van der Waals surface area contributed by atoms with Crippen molar-refractivity contribution in [2.24, 2.45) is 0 Å². The fourth-order valence-electron chi connectivity index (χ4n) is 1.87. The molecule has 0 atom stereocenters. The van der Waals surface area contributed by atoms with Crippen molar-refractivity contribution < 1.29 is 19.1 Å². The lowest BCUT2D eigenvalue weighted by Gasteiger charge is -2.07. The van der Waals surface area contributed by atoms with Gasteiger partial charge >= 0.3 is 8.60 Å². The number of benzene rings is 2. The minimum Gasteiger partial charge on any atom is -0.426 e. The Morgan fingerprint density at radius 1 is 1.00 bits per heavy atom. The van der Waals surface area contributed by atoms with Crippen LogP contribution in [0.15, 0.2) is 60.7 Å². The van der Waals surface area contributed by atoms with Crippen molar-refractivity contribution in [1.82, 2.24) is 0 Å². The zero-order chi connectivity index (χ0) is 16.7. The number of aryl methyl sites for hydroxylation is 1. The topological polar surface area (TPSA) is 66.8 Å². The summed E-state index contributed by atoms with van der Waals surface area (Å²) in [7, 11) is -2.49. The molecule has 0 aliphatic heterocycles. The van der Waals surface area contributed by atoms with Gasteiger partial charge in [0.05, 0.1) is 0 Å². The molecule has 0 aromatic heterocycles. The maximum Gasteiger partial charge on any atom is 0.391 e. The second kappa shape index (κ2) is 8.39. The minimum absolute atomic E-state index is 0.171. The van der Waals surface area contributed by atoms with Gasteiger partial charge in [0.2, 0.25) is 0 Å². The molecule has 2 rings (SSSR count). The third-order valence-electron chi connectivity index (χ3n) is 3.04. The molecule has 4 nitrogen and oxygen atoms in total. The first-order valence-electron chi connectivity index (χ1n) is 6.96. The Hall–Kier alpha value is -2.26. The Morgan fingerprint density at radius 2 is 1.65 bits per heavy atom. The van der Waals surface area contributed by atoms with E-state index in [0.717, 1.165) is 11.1 Å². The van der Waals surface area contributed by atoms with Crippen LogP contribution >= 0.6 is 8.60 Å². The van der Waals surface area contributed by atoms with Crippen LogP contribution in [0.3, 0.4) is 0 Å².